The fraction of sp³-hybridized carbons (Fsp3) is 0.471. The van der Waals surface area contributed by atoms with E-state index in [0.717, 1.165) is 30.8 Å². The normalized spacial score (nSPS) is 18.8. The minimum absolute atomic E-state index is 0.321. The highest BCUT2D eigenvalue weighted by molar-refractivity contribution is 5.59. The van der Waals surface area contributed by atoms with Gasteiger partial charge in [-0.3, -0.25) is 0 Å². The standard InChI is InChI=1S/C17H23N3O/c1-20-9-8-19-17(20)14-10-13(11-16(21)12-14)5-6-15-4-2-3-7-18-15/h8-12,15,18,21H,2-7H2,1H3/t15-/m0/s1. The van der Waals surface area contributed by atoms with Gasteiger partial charge < -0.3 is 15.0 Å². The van der Waals surface area contributed by atoms with Crippen molar-refractivity contribution >= 4 is 0 Å². The Labute approximate surface area is 125 Å². The average Bonchev–Trinajstić information content (AvgIpc) is 2.92. The summed E-state index contributed by atoms with van der Waals surface area (Å²) in [5, 5.41) is 13.5. The van der Waals surface area contributed by atoms with Crippen LogP contribution in [-0.2, 0) is 13.5 Å². The summed E-state index contributed by atoms with van der Waals surface area (Å²) in [4.78, 5) is 4.36. The number of aromatic hydroxyl groups is 1. The van der Waals surface area contributed by atoms with E-state index < -0.39 is 0 Å². The van der Waals surface area contributed by atoms with Gasteiger partial charge in [0.2, 0.25) is 0 Å². The molecule has 0 saturated carbocycles. The molecule has 0 amide bonds. The molecule has 1 atom stereocenters. The summed E-state index contributed by atoms with van der Waals surface area (Å²) in [5.41, 5.74) is 2.16. The van der Waals surface area contributed by atoms with Crippen molar-refractivity contribution in [1.82, 2.24) is 14.9 Å². The molecule has 0 spiro atoms. The SMILES string of the molecule is Cn1ccnc1-c1cc(O)cc(CC[C@@H]2CCCCN2)c1. The van der Waals surface area contributed by atoms with E-state index in [4.69, 9.17) is 0 Å². The molecule has 1 saturated heterocycles. The summed E-state index contributed by atoms with van der Waals surface area (Å²) < 4.78 is 1.97. The highest BCUT2D eigenvalue weighted by Gasteiger charge is 2.13. The first-order valence-corrected chi connectivity index (χ1v) is 7.76. The highest BCUT2D eigenvalue weighted by Crippen LogP contribution is 2.25. The van der Waals surface area contributed by atoms with E-state index in [9.17, 15) is 5.11 Å². The van der Waals surface area contributed by atoms with Gasteiger partial charge in [-0.25, -0.2) is 4.98 Å². The van der Waals surface area contributed by atoms with Crippen LogP contribution >= 0.6 is 0 Å². The van der Waals surface area contributed by atoms with Crippen LogP contribution in [0.2, 0.25) is 0 Å². The fourth-order valence-electron chi connectivity index (χ4n) is 3.10. The number of aryl methyl sites for hydroxylation is 2. The number of aromatic nitrogens is 2. The molecule has 2 N–H and O–H groups in total. The monoisotopic (exact) mass is 285 g/mol. The minimum atomic E-state index is 0.321. The molecule has 0 unspecified atom stereocenters. The Bertz CT molecular complexity index is 600. The molecule has 112 valence electrons. The molecule has 3 rings (SSSR count). The molecule has 4 heteroatoms. The molecule has 0 aliphatic carbocycles. The summed E-state index contributed by atoms with van der Waals surface area (Å²) >= 11 is 0. The summed E-state index contributed by atoms with van der Waals surface area (Å²) in [5.74, 6) is 1.21. The van der Waals surface area contributed by atoms with E-state index in [2.05, 4.69) is 16.4 Å². The second kappa shape index (κ2) is 6.31. The Morgan fingerprint density at radius 1 is 1.33 bits per heavy atom. The molecule has 1 aromatic carbocycles. The van der Waals surface area contributed by atoms with E-state index >= 15 is 0 Å². The van der Waals surface area contributed by atoms with Crippen LogP contribution in [0.1, 0.15) is 31.2 Å². The second-order valence-electron chi connectivity index (χ2n) is 5.94. The van der Waals surface area contributed by atoms with Crippen molar-refractivity contribution in [3.63, 3.8) is 0 Å². The molecule has 0 radical (unpaired) electrons. The number of piperidine rings is 1. The maximum atomic E-state index is 9.97. The smallest absolute Gasteiger partial charge is 0.139 e. The first-order valence-electron chi connectivity index (χ1n) is 7.76. The van der Waals surface area contributed by atoms with Gasteiger partial charge in [-0.05, 0) is 56.0 Å². The molecule has 1 aliphatic heterocycles. The third kappa shape index (κ3) is 3.45. The van der Waals surface area contributed by atoms with Crippen molar-refractivity contribution in [2.24, 2.45) is 7.05 Å². The van der Waals surface area contributed by atoms with Crippen LogP contribution in [0.4, 0.5) is 0 Å². The lowest BCUT2D eigenvalue weighted by Crippen LogP contribution is -2.34. The van der Waals surface area contributed by atoms with Crippen molar-refractivity contribution in [3.8, 4) is 17.1 Å². The molecular formula is C17H23N3O. The van der Waals surface area contributed by atoms with Gasteiger partial charge in [0, 0.05) is 31.0 Å². The van der Waals surface area contributed by atoms with Gasteiger partial charge in [0.1, 0.15) is 11.6 Å². The van der Waals surface area contributed by atoms with Crippen molar-refractivity contribution in [3.05, 3.63) is 36.2 Å². The first kappa shape index (κ1) is 14.1. The van der Waals surface area contributed by atoms with Gasteiger partial charge in [0.05, 0.1) is 0 Å². The second-order valence-corrected chi connectivity index (χ2v) is 5.94. The molecule has 4 nitrogen and oxygen atoms in total. The fourth-order valence-corrected chi connectivity index (χ4v) is 3.10. The molecular weight excluding hydrogens is 262 g/mol. The Morgan fingerprint density at radius 2 is 2.24 bits per heavy atom. The Balaban J connectivity index is 1.73. The van der Waals surface area contributed by atoms with Crippen LogP contribution in [0.3, 0.4) is 0 Å². The number of phenolic OH excluding ortho intramolecular Hbond substituents is 1. The molecule has 2 heterocycles. The van der Waals surface area contributed by atoms with E-state index in [1.807, 2.05) is 23.9 Å². The summed E-state index contributed by atoms with van der Waals surface area (Å²) in [7, 11) is 1.97. The van der Waals surface area contributed by atoms with Gasteiger partial charge in [0.15, 0.2) is 0 Å². The number of hydrogen-bond acceptors (Lipinski definition) is 3. The molecule has 0 bridgehead atoms. The highest BCUT2D eigenvalue weighted by atomic mass is 16.3. The van der Waals surface area contributed by atoms with Crippen LogP contribution < -0.4 is 5.32 Å². The zero-order chi connectivity index (χ0) is 14.7. The average molecular weight is 285 g/mol. The summed E-state index contributed by atoms with van der Waals surface area (Å²) in [6.45, 7) is 1.14. The Morgan fingerprint density at radius 3 is 2.95 bits per heavy atom. The lowest BCUT2D eigenvalue weighted by Gasteiger charge is -2.23. The number of imidazole rings is 1. The van der Waals surface area contributed by atoms with E-state index in [-0.39, 0.29) is 0 Å². The first-order chi connectivity index (χ1) is 10.2. The molecule has 1 aliphatic rings. The van der Waals surface area contributed by atoms with Crippen LogP contribution in [0.5, 0.6) is 5.75 Å². The lowest BCUT2D eigenvalue weighted by atomic mass is 9.97. The number of rotatable bonds is 4. The van der Waals surface area contributed by atoms with Gasteiger partial charge in [-0.2, -0.15) is 0 Å². The molecule has 1 aromatic heterocycles. The van der Waals surface area contributed by atoms with Gasteiger partial charge >= 0.3 is 0 Å². The van der Waals surface area contributed by atoms with Crippen LogP contribution in [0.15, 0.2) is 30.6 Å². The molecule has 2 aromatic rings. The number of nitrogens with one attached hydrogen (secondary N) is 1. The third-order valence-electron chi connectivity index (χ3n) is 4.25. The van der Waals surface area contributed by atoms with Crippen LogP contribution in [-0.4, -0.2) is 27.2 Å². The predicted octanol–water partition coefficient (Wildman–Crippen LogP) is 2.87. The maximum absolute atomic E-state index is 9.97. The Kier molecular flexibility index (Phi) is 4.25. The van der Waals surface area contributed by atoms with Crippen molar-refractivity contribution in [2.75, 3.05) is 6.54 Å². The zero-order valence-electron chi connectivity index (χ0n) is 12.5. The maximum Gasteiger partial charge on any atom is 0.139 e. The van der Waals surface area contributed by atoms with Gasteiger partial charge in [-0.1, -0.05) is 6.42 Å². The largest absolute Gasteiger partial charge is 0.508 e. The topological polar surface area (TPSA) is 50.1 Å². The van der Waals surface area contributed by atoms with Crippen molar-refractivity contribution in [2.45, 2.75) is 38.1 Å². The number of benzene rings is 1. The number of phenols is 1. The number of hydrogen-bond donors (Lipinski definition) is 2. The third-order valence-corrected chi connectivity index (χ3v) is 4.25. The molecule has 21 heavy (non-hydrogen) atoms. The predicted molar refractivity (Wildman–Crippen MR) is 84.3 cm³/mol. The van der Waals surface area contributed by atoms with E-state index in [0.29, 0.717) is 11.8 Å². The van der Waals surface area contributed by atoms with Gasteiger partial charge in [0.25, 0.3) is 0 Å². The van der Waals surface area contributed by atoms with Crippen LogP contribution in [0.25, 0.3) is 11.4 Å². The summed E-state index contributed by atoms with van der Waals surface area (Å²) in [6, 6.07) is 6.42. The summed E-state index contributed by atoms with van der Waals surface area (Å²) in [6.07, 6.45) is 9.72. The molecule has 1 fully saturated rings. The lowest BCUT2D eigenvalue weighted by molar-refractivity contribution is 0.382. The van der Waals surface area contributed by atoms with Crippen LogP contribution in [0, 0.1) is 0 Å². The van der Waals surface area contributed by atoms with Crippen molar-refractivity contribution < 1.29 is 5.11 Å². The minimum Gasteiger partial charge on any atom is -0.508 e. The van der Waals surface area contributed by atoms with E-state index in [1.54, 1.807) is 12.3 Å². The quantitative estimate of drug-likeness (QED) is 0.908. The van der Waals surface area contributed by atoms with Crippen molar-refractivity contribution in [1.29, 1.82) is 0 Å². The van der Waals surface area contributed by atoms with Gasteiger partial charge in [-0.15, -0.1) is 0 Å². The Hall–Kier alpha value is -1.81. The number of nitrogens with zero attached hydrogens (tertiary/aromatic N) is 2. The van der Waals surface area contributed by atoms with E-state index in [1.165, 1.54) is 24.8 Å². The zero-order valence-corrected chi connectivity index (χ0v) is 12.5.